The second kappa shape index (κ2) is 6780. The predicted molar refractivity (Wildman–Crippen MR) is 38.5 cm³/mol. The van der Waals surface area contributed by atoms with Gasteiger partial charge in [-0.05, 0) is 0 Å². The second-order valence-corrected chi connectivity index (χ2v) is 0. The molecule has 0 amide bonds. The molecule has 0 saturated heterocycles. The van der Waals surface area contributed by atoms with Crippen LogP contribution in [-0.4, -0.2) is 77.8 Å². The minimum atomic E-state index is 0. The summed E-state index contributed by atoms with van der Waals surface area (Å²) >= 11 is 0. The summed E-state index contributed by atoms with van der Waals surface area (Å²) in [7, 11) is 0. The van der Waals surface area contributed by atoms with E-state index in [9.17, 15) is 0 Å². The molecule has 0 spiro atoms. The first-order valence-corrected chi connectivity index (χ1v) is 0. The van der Waals surface area contributed by atoms with Gasteiger partial charge in [0.15, 0.2) is 0 Å². The molecule has 18 N–H and O–H groups in total. The van der Waals surface area contributed by atoms with Gasteiger partial charge in [-0.3, -0.25) is 0 Å². The maximum Gasteiger partial charge on any atom is 2.00 e. The van der Waals surface area contributed by atoms with Crippen LogP contribution in [0, 0.1) is 0 Å². The van der Waals surface area contributed by atoms with E-state index in [0.29, 0.717) is 0 Å². The van der Waals surface area contributed by atoms with Crippen molar-refractivity contribution in [3.63, 3.8) is 0 Å². The molecule has 0 radical (unpaired) electrons. The molecule has 0 fully saturated rings. The Morgan fingerprint density at radius 1 is 0.273 bits per heavy atom. The monoisotopic (exact) mass is 202 g/mol. The van der Waals surface area contributed by atoms with Gasteiger partial charge in [0.25, 0.3) is 0 Å². The third-order valence-electron chi connectivity index (χ3n) is 0. The smallest absolute Gasteiger partial charge is 0.870 e. The molecule has 0 aliphatic heterocycles. The van der Waals surface area contributed by atoms with Gasteiger partial charge in [-0.25, -0.2) is 0 Å². The summed E-state index contributed by atoms with van der Waals surface area (Å²) in [6.45, 7) is 0. The van der Waals surface area contributed by atoms with E-state index in [2.05, 4.69) is 0 Å². The van der Waals surface area contributed by atoms with Crippen LogP contribution in [0.5, 0.6) is 0 Å². The van der Waals surface area contributed by atoms with E-state index >= 15 is 0 Å². The minimum Gasteiger partial charge on any atom is -0.870 e. The Bertz CT molecular complexity index is 4.83. The fourth-order valence-corrected chi connectivity index (χ4v) is 0. The third kappa shape index (κ3) is 5410. The van der Waals surface area contributed by atoms with Crippen molar-refractivity contribution < 1.29 is 54.8 Å². The molecule has 0 aliphatic carbocycles. The Morgan fingerprint density at radius 2 is 0.273 bits per heavy atom. The van der Waals surface area contributed by atoms with E-state index in [1.165, 1.54) is 0 Å². The van der Waals surface area contributed by atoms with Crippen molar-refractivity contribution in [1.82, 2.24) is 0 Å². The molecular formula is H18MgO10. The van der Waals surface area contributed by atoms with Gasteiger partial charge in [0.2, 0.25) is 0 Å². The van der Waals surface area contributed by atoms with Crippen LogP contribution in [0.1, 0.15) is 0 Å². The van der Waals surface area contributed by atoms with Gasteiger partial charge in [-0.15, -0.1) is 0 Å². The molecule has 0 rings (SSSR count). The van der Waals surface area contributed by atoms with Crippen LogP contribution in [0.2, 0.25) is 0 Å². The van der Waals surface area contributed by atoms with E-state index in [0.717, 1.165) is 0 Å². The molecule has 0 heterocycles. The maximum atomic E-state index is 0. The van der Waals surface area contributed by atoms with Gasteiger partial charge in [0, 0.05) is 0 Å². The summed E-state index contributed by atoms with van der Waals surface area (Å²) in [6.07, 6.45) is 0. The Labute approximate surface area is 78.4 Å². The maximum absolute atomic E-state index is 0. The molecule has 0 saturated carbocycles. The molecule has 11 heavy (non-hydrogen) atoms. The molecule has 0 unspecified atom stereocenters. The van der Waals surface area contributed by atoms with E-state index in [1.54, 1.807) is 0 Å². The zero-order valence-corrected chi connectivity index (χ0v) is 7.02. The Hall–Kier alpha value is 0.366. The van der Waals surface area contributed by atoms with Crippen LogP contribution in [0.15, 0.2) is 0 Å². The quantitative estimate of drug-likeness (QED) is 0.345. The van der Waals surface area contributed by atoms with Crippen molar-refractivity contribution in [3.8, 4) is 0 Å². The first-order valence-electron chi connectivity index (χ1n) is 0. The molecule has 11 heteroatoms. The van der Waals surface area contributed by atoms with E-state index in [4.69, 9.17) is 0 Å². The van der Waals surface area contributed by atoms with Crippen molar-refractivity contribution >= 4 is 23.1 Å². The Morgan fingerprint density at radius 3 is 0.273 bits per heavy atom. The average molecular weight is 202 g/mol. The summed E-state index contributed by atoms with van der Waals surface area (Å²) in [6, 6.07) is 0. The first-order chi connectivity index (χ1) is 0. The Kier molecular flexibility index (Phi) is 5610000. The van der Waals surface area contributed by atoms with Crippen molar-refractivity contribution in [2.75, 3.05) is 0 Å². The average Bonchev–Trinajstić information content (AvgIpc) is 0. The van der Waals surface area contributed by atoms with Crippen LogP contribution in [0.3, 0.4) is 0 Å². The van der Waals surface area contributed by atoms with Gasteiger partial charge in [-0.1, -0.05) is 0 Å². The molecule has 10 nitrogen and oxygen atoms in total. The van der Waals surface area contributed by atoms with Gasteiger partial charge in [0.1, 0.15) is 0 Å². The largest absolute Gasteiger partial charge is 2.00 e. The molecule has 0 aromatic rings. The summed E-state index contributed by atoms with van der Waals surface area (Å²) in [5.41, 5.74) is 0. The first kappa shape index (κ1) is 9110. The SMILES string of the molecule is O.O.O.O.O.O.O.O.[Mg+2].[OH-].[OH-]. The molecular weight excluding hydrogens is 184 g/mol. The van der Waals surface area contributed by atoms with Gasteiger partial charge >= 0.3 is 23.1 Å². The van der Waals surface area contributed by atoms with Crippen LogP contribution in [0.25, 0.3) is 0 Å². The van der Waals surface area contributed by atoms with Crippen molar-refractivity contribution in [2.24, 2.45) is 0 Å². The van der Waals surface area contributed by atoms with E-state index < -0.39 is 0 Å². The standard InChI is InChI=1S/Mg.10H2O/h;10*1H2/q+2;;;;;;;;;;/p-2. The number of rotatable bonds is 0. The zero-order valence-electron chi connectivity index (χ0n) is 5.60. The predicted octanol–water partition coefficient (Wildman–Crippen LogP) is -7.33. The summed E-state index contributed by atoms with van der Waals surface area (Å²) in [4.78, 5) is 0. The molecule has 0 aromatic heterocycles. The van der Waals surface area contributed by atoms with Crippen molar-refractivity contribution in [2.45, 2.75) is 0 Å². The fraction of sp³-hybridized carbons (Fsp3) is 0. The van der Waals surface area contributed by atoms with Crippen molar-refractivity contribution in [1.29, 1.82) is 0 Å². The normalized spacial score (nSPS) is 0. The van der Waals surface area contributed by atoms with Crippen molar-refractivity contribution in [3.05, 3.63) is 0 Å². The Balaban J connectivity index is 0. The van der Waals surface area contributed by atoms with E-state index in [-0.39, 0.29) is 77.8 Å². The van der Waals surface area contributed by atoms with Gasteiger partial charge < -0.3 is 54.8 Å². The third-order valence-corrected chi connectivity index (χ3v) is 0. The van der Waals surface area contributed by atoms with Crippen LogP contribution in [0.4, 0.5) is 0 Å². The minimum absolute atomic E-state index is 0. The molecule has 0 aromatic carbocycles. The van der Waals surface area contributed by atoms with Gasteiger partial charge in [-0.2, -0.15) is 0 Å². The number of hydrogen-bond acceptors (Lipinski definition) is 2. The summed E-state index contributed by atoms with van der Waals surface area (Å²) < 4.78 is 0. The molecule has 80 valence electrons. The van der Waals surface area contributed by atoms with Crippen LogP contribution < -0.4 is 0 Å². The molecule has 0 aliphatic rings. The van der Waals surface area contributed by atoms with Gasteiger partial charge in [0.05, 0.1) is 0 Å². The van der Waals surface area contributed by atoms with E-state index in [1.807, 2.05) is 0 Å². The summed E-state index contributed by atoms with van der Waals surface area (Å²) in [5, 5.41) is 0. The van der Waals surface area contributed by atoms with Crippen LogP contribution >= 0.6 is 0 Å². The molecule has 0 bridgehead atoms. The number of hydrogen-bond donors (Lipinski definition) is 0. The zero-order chi connectivity index (χ0) is 0. The topological polar surface area (TPSA) is 312 Å². The second-order valence-electron chi connectivity index (χ2n) is 0. The fourth-order valence-electron chi connectivity index (χ4n) is 0. The van der Waals surface area contributed by atoms with Crippen LogP contribution in [-0.2, 0) is 0 Å². The molecule has 0 atom stereocenters. The summed E-state index contributed by atoms with van der Waals surface area (Å²) in [5.74, 6) is 0.